The van der Waals surface area contributed by atoms with Crippen LogP contribution in [0.3, 0.4) is 0 Å². The molecule has 0 atom stereocenters. The van der Waals surface area contributed by atoms with Gasteiger partial charge in [0.1, 0.15) is 0 Å². The maximum absolute atomic E-state index is 11.0. The standard InChI is InChI=1S/C14H30N4O3S.HI/c1-15-14(16-8-4-9-17-22(3,19)20)18(2)10-5-13-6-11-21-12-7-13;/h13,17H,4-12H2,1-3H3,(H,15,16);1H. The summed E-state index contributed by atoms with van der Waals surface area (Å²) in [5.74, 6) is 1.60. The van der Waals surface area contributed by atoms with E-state index in [4.69, 9.17) is 4.74 Å². The van der Waals surface area contributed by atoms with Gasteiger partial charge in [-0.25, -0.2) is 13.1 Å². The molecule has 23 heavy (non-hydrogen) atoms. The molecule has 0 aromatic rings. The summed E-state index contributed by atoms with van der Waals surface area (Å²) in [6, 6.07) is 0. The lowest BCUT2D eigenvalue weighted by atomic mass is 9.96. The highest BCUT2D eigenvalue weighted by Crippen LogP contribution is 2.18. The van der Waals surface area contributed by atoms with Gasteiger partial charge in [-0.05, 0) is 31.6 Å². The van der Waals surface area contributed by atoms with Crippen molar-refractivity contribution < 1.29 is 13.2 Å². The van der Waals surface area contributed by atoms with Crippen LogP contribution in [0.15, 0.2) is 4.99 Å². The summed E-state index contributed by atoms with van der Waals surface area (Å²) in [7, 11) is 0.701. The smallest absolute Gasteiger partial charge is 0.208 e. The van der Waals surface area contributed by atoms with Crippen molar-refractivity contribution in [2.45, 2.75) is 25.7 Å². The molecule has 0 amide bonds. The summed E-state index contributed by atoms with van der Waals surface area (Å²) in [4.78, 5) is 6.39. The molecule has 0 aromatic heterocycles. The van der Waals surface area contributed by atoms with E-state index >= 15 is 0 Å². The van der Waals surface area contributed by atoms with Crippen molar-refractivity contribution in [3.63, 3.8) is 0 Å². The van der Waals surface area contributed by atoms with E-state index in [0.717, 1.165) is 57.3 Å². The van der Waals surface area contributed by atoms with Crippen molar-refractivity contribution in [3.05, 3.63) is 0 Å². The Hall–Kier alpha value is -0.130. The van der Waals surface area contributed by atoms with E-state index < -0.39 is 10.0 Å². The Kier molecular flexibility index (Phi) is 12.2. The van der Waals surface area contributed by atoms with Crippen molar-refractivity contribution in [2.24, 2.45) is 10.9 Å². The average Bonchev–Trinajstić information content (AvgIpc) is 2.48. The van der Waals surface area contributed by atoms with E-state index in [-0.39, 0.29) is 24.0 Å². The summed E-state index contributed by atoms with van der Waals surface area (Å²) >= 11 is 0. The number of nitrogens with zero attached hydrogens (tertiary/aromatic N) is 2. The van der Waals surface area contributed by atoms with Crippen molar-refractivity contribution in [1.82, 2.24) is 14.9 Å². The highest BCUT2D eigenvalue weighted by atomic mass is 127. The third kappa shape index (κ3) is 11.1. The Morgan fingerprint density at radius 3 is 2.52 bits per heavy atom. The molecule has 0 spiro atoms. The Bertz CT molecular complexity index is 439. The molecular formula is C14H31IN4O3S. The molecule has 7 nitrogen and oxygen atoms in total. The molecule has 0 aliphatic carbocycles. The average molecular weight is 462 g/mol. The van der Waals surface area contributed by atoms with Crippen LogP contribution < -0.4 is 10.0 Å². The Balaban J connectivity index is 0.00000484. The lowest BCUT2D eigenvalue weighted by Gasteiger charge is -2.26. The number of hydrogen-bond acceptors (Lipinski definition) is 4. The van der Waals surface area contributed by atoms with Gasteiger partial charge >= 0.3 is 0 Å². The van der Waals surface area contributed by atoms with Gasteiger partial charge < -0.3 is 15.0 Å². The monoisotopic (exact) mass is 462 g/mol. The Morgan fingerprint density at radius 1 is 1.30 bits per heavy atom. The molecular weight excluding hydrogens is 431 g/mol. The van der Waals surface area contributed by atoms with Crippen molar-refractivity contribution in [3.8, 4) is 0 Å². The number of hydrogen-bond donors (Lipinski definition) is 2. The minimum atomic E-state index is -3.10. The van der Waals surface area contributed by atoms with E-state index in [1.165, 1.54) is 6.26 Å². The summed E-state index contributed by atoms with van der Waals surface area (Å²) in [5.41, 5.74) is 0. The van der Waals surface area contributed by atoms with Gasteiger partial charge in [-0.1, -0.05) is 0 Å². The number of ether oxygens (including phenoxy) is 1. The van der Waals surface area contributed by atoms with Crippen LogP contribution in [0.5, 0.6) is 0 Å². The van der Waals surface area contributed by atoms with Crippen LogP contribution in [0.4, 0.5) is 0 Å². The van der Waals surface area contributed by atoms with Gasteiger partial charge in [0.25, 0.3) is 0 Å². The zero-order valence-electron chi connectivity index (χ0n) is 14.4. The first-order valence-corrected chi connectivity index (χ1v) is 9.75. The van der Waals surface area contributed by atoms with Gasteiger partial charge in [0, 0.05) is 46.9 Å². The molecule has 0 bridgehead atoms. The number of halogens is 1. The zero-order chi connectivity index (χ0) is 16.4. The number of nitrogens with one attached hydrogen (secondary N) is 2. The number of guanidine groups is 1. The van der Waals surface area contributed by atoms with Crippen molar-refractivity contribution in [2.75, 3.05) is 53.2 Å². The van der Waals surface area contributed by atoms with Crippen LogP contribution in [0.2, 0.25) is 0 Å². The van der Waals surface area contributed by atoms with Gasteiger partial charge in [0.2, 0.25) is 10.0 Å². The molecule has 0 radical (unpaired) electrons. The van der Waals surface area contributed by atoms with E-state index in [0.29, 0.717) is 13.1 Å². The van der Waals surface area contributed by atoms with Crippen molar-refractivity contribution >= 4 is 40.0 Å². The molecule has 1 saturated heterocycles. The minimum Gasteiger partial charge on any atom is -0.381 e. The molecule has 1 rings (SSSR count). The normalized spacial score (nSPS) is 16.7. The highest BCUT2D eigenvalue weighted by molar-refractivity contribution is 14.0. The predicted octanol–water partition coefficient (Wildman–Crippen LogP) is 0.868. The first-order chi connectivity index (χ1) is 10.4. The fraction of sp³-hybridized carbons (Fsp3) is 0.929. The molecule has 1 fully saturated rings. The van der Waals surface area contributed by atoms with Crippen LogP contribution in [-0.4, -0.2) is 72.5 Å². The molecule has 1 aliphatic heterocycles. The van der Waals surface area contributed by atoms with Gasteiger partial charge in [-0.2, -0.15) is 0 Å². The molecule has 0 aromatic carbocycles. The molecule has 138 valence electrons. The molecule has 1 heterocycles. The third-order valence-corrected chi connectivity index (χ3v) is 4.52. The summed E-state index contributed by atoms with van der Waals surface area (Å²) in [6.45, 7) is 3.86. The lowest BCUT2D eigenvalue weighted by Crippen LogP contribution is -2.41. The lowest BCUT2D eigenvalue weighted by molar-refractivity contribution is 0.0625. The molecule has 2 N–H and O–H groups in total. The van der Waals surface area contributed by atoms with Gasteiger partial charge in [-0.3, -0.25) is 4.99 Å². The second kappa shape index (κ2) is 12.3. The van der Waals surface area contributed by atoms with Crippen LogP contribution in [0.25, 0.3) is 0 Å². The van der Waals surface area contributed by atoms with Crippen molar-refractivity contribution in [1.29, 1.82) is 0 Å². The first kappa shape index (κ1) is 22.9. The van der Waals surface area contributed by atoms with E-state index in [9.17, 15) is 8.42 Å². The van der Waals surface area contributed by atoms with E-state index in [1.807, 2.05) is 7.05 Å². The fourth-order valence-electron chi connectivity index (χ4n) is 2.45. The zero-order valence-corrected chi connectivity index (χ0v) is 17.5. The molecule has 9 heteroatoms. The van der Waals surface area contributed by atoms with E-state index in [1.54, 1.807) is 7.05 Å². The Morgan fingerprint density at radius 2 is 1.96 bits per heavy atom. The number of rotatable bonds is 8. The predicted molar refractivity (Wildman–Crippen MR) is 105 cm³/mol. The SMILES string of the molecule is CN=C(NCCCNS(C)(=O)=O)N(C)CCC1CCOCC1.I. The summed E-state index contributed by atoms with van der Waals surface area (Å²) < 4.78 is 29.8. The quantitative estimate of drug-likeness (QED) is 0.242. The van der Waals surface area contributed by atoms with Crippen LogP contribution in [0, 0.1) is 5.92 Å². The Labute approximate surface area is 157 Å². The maximum atomic E-state index is 11.0. The maximum Gasteiger partial charge on any atom is 0.208 e. The van der Waals surface area contributed by atoms with Gasteiger partial charge in [-0.15, -0.1) is 24.0 Å². The third-order valence-electron chi connectivity index (χ3n) is 3.79. The second-order valence-electron chi connectivity index (χ2n) is 5.76. The largest absolute Gasteiger partial charge is 0.381 e. The van der Waals surface area contributed by atoms with Gasteiger partial charge in [0.05, 0.1) is 6.26 Å². The molecule has 1 aliphatic rings. The molecule has 0 unspecified atom stereocenters. The highest BCUT2D eigenvalue weighted by Gasteiger charge is 2.15. The topological polar surface area (TPSA) is 83.0 Å². The minimum absolute atomic E-state index is 0. The number of aliphatic imine (C=N–C) groups is 1. The van der Waals surface area contributed by atoms with Gasteiger partial charge in [0.15, 0.2) is 5.96 Å². The second-order valence-corrected chi connectivity index (χ2v) is 7.59. The molecule has 0 saturated carbocycles. The van der Waals surface area contributed by atoms with Crippen LogP contribution in [0.1, 0.15) is 25.7 Å². The summed E-state index contributed by atoms with van der Waals surface area (Å²) in [5, 5.41) is 3.26. The number of sulfonamides is 1. The summed E-state index contributed by atoms with van der Waals surface area (Å²) in [6.07, 6.45) is 5.34. The van der Waals surface area contributed by atoms with Crippen LogP contribution in [-0.2, 0) is 14.8 Å². The van der Waals surface area contributed by atoms with E-state index in [2.05, 4.69) is 19.9 Å². The van der Waals surface area contributed by atoms with Crippen LogP contribution >= 0.6 is 24.0 Å². The first-order valence-electron chi connectivity index (χ1n) is 7.86. The fourth-order valence-corrected chi connectivity index (χ4v) is 2.96.